The Morgan fingerprint density at radius 2 is 1.86 bits per heavy atom. The lowest BCUT2D eigenvalue weighted by Crippen LogP contribution is -2.46. The van der Waals surface area contributed by atoms with Gasteiger partial charge in [-0.25, -0.2) is 4.79 Å². The summed E-state index contributed by atoms with van der Waals surface area (Å²) >= 11 is 0. The SMILES string of the molecule is COc1cccc(OC(C)C(=O)NC(CC(C)C)C(=O)O)c1. The molecule has 1 amide bonds. The van der Waals surface area contributed by atoms with Crippen molar-refractivity contribution in [3.8, 4) is 11.5 Å². The molecule has 0 aliphatic heterocycles. The minimum atomic E-state index is -1.05. The zero-order valence-corrected chi connectivity index (χ0v) is 13.3. The molecule has 2 unspecified atom stereocenters. The van der Waals surface area contributed by atoms with Gasteiger partial charge in [-0.3, -0.25) is 4.79 Å². The maximum absolute atomic E-state index is 12.1. The molecule has 0 spiro atoms. The number of nitrogens with one attached hydrogen (secondary N) is 1. The highest BCUT2D eigenvalue weighted by molar-refractivity contribution is 5.86. The van der Waals surface area contributed by atoms with Crippen molar-refractivity contribution in [1.29, 1.82) is 0 Å². The highest BCUT2D eigenvalue weighted by Crippen LogP contribution is 2.20. The minimum Gasteiger partial charge on any atom is -0.497 e. The molecule has 0 saturated heterocycles. The number of methoxy groups -OCH3 is 1. The van der Waals surface area contributed by atoms with Crippen molar-refractivity contribution < 1.29 is 24.2 Å². The Morgan fingerprint density at radius 3 is 2.41 bits per heavy atom. The molecule has 6 heteroatoms. The molecular weight excluding hydrogens is 286 g/mol. The summed E-state index contributed by atoms with van der Waals surface area (Å²) in [6.45, 7) is 5.37. The van der Waals surface area contributed by atoms with Crippen molar-refractivity contribution in [1.82, 2.24) is 5.32 Å². The van der Waals surface area contributed by atoms with E-state index in [1.165, 1.54) is 0 Å². The number of ether oxygens (including phenoxy) is 2. The van der Waals surface area contributed by atoms with Gasteiger partial charge >= 0.3 is 5.97 Å². The van der Waals surface area contributed by atoms with Crippen molar-refractivity contribution in [3.05, 3.63) is 24.3 Å². The first-order chi connectivity index (χ1) is 10.3. The van der Waals surface area contributed by atoms with Crippen molar-refractivity contribution in [2.45, 2.75) is 39.3 Å². The van der Waals surface area contributed by atoms with E-state index in [0.717, 1.165) is 0 Å². The second kappa shape index (κ2) is 8.26. The summed E-state index contributed by atoms with van der Waals surface area (Å²) in [6.07, 6.45) is -0.437. The zero-order chi connectivity index (χ0) is 16.7. The molecule has 0 aromatic heterocycles. The van der Waals surface area contributed by atoms with Crippen LogP contribution in [0.2, 0.25) is 0 Å². The predicted molar refractivity (Wildman–Crippen MR) is 82.1 cm³/mol. The lowest BCUT2D eigenvalue weighted by Gasteiger charge is -2.20. The number of hydrogen-bond acceptors (Lipinski definition) is 4. The van der Waals surface area contributed by atoms with Gasteiger partial charge in [0, 0.05) is 6.07 Å². The maximum atomic E-state index is 12.1. The molecular formula is C16H23NO5. The molecule has 2 N–H and O–H groups in total. The number of carboxylic acids is 1. The molecule has 122 valence electrons. The van der Waals surface area contributed by atoms with Gasteiger partial charge in [0.15, 0.2) is 6.10 Å². The Kier molecular flexibility index (Phi) is 6.69. The van der Waals surface area contributed by atoms with E-state index in [-0.39, 0.29) is 5.92 Å². The summed E-state index contributed by atoms with van der Waals surface area (Å²) in [5.74, 6) is -0.242. The number of hydrogen-bond donors (Lipinski definition) is 2. The van der Waals surface area contributed by atoms with Gasteiger partial charge in [0.2, 0.25) is 0 Å². The van der Waals surface area contributed by atoms with Gasteiger partial charge in [-0.15, -0.1) is 0 Å². The molecule has 0 fully saturated rings. The van der Waals surface area contributed by atoms with Crippen molar-refractivity contribution in [3.63, 3.8) is 0 Å². The van der Waals surface area contributed by atoms with E-state index in [1.807, 2.05) is 13.8 Å². The van der Waals surface area contributed by atoms with Gasteiger partial charge < -0.3 is 19.9 Å². The molecule has 0 bridgehead atoms. The Bertz CT molecular complexity index is 515. The van der Waals surface area contributed by atoms with Gasteiger partial charge in [-0.05, 0) is 31.4 Å². The molecule has 22 heavy (non-hydrogen) atoms. The van der Waals surface area contributed by atoms with Crippen LogP contribution in [0.5, 0.6) is 11.5 Å². The molecule has 1 aromatic carbocycles. The number of amides is 1. The molecule has 1 rings (SSSR count). The zero-order valence-electron chi connectivity index (χ0n) is 13.3. The summed E-state index contributed by atoms with van der Waals surface area (Å²) in [5, 5.41) is 11.6. The average Bonchev–Trinajstić information content (AvgIpc) is 2.46. The van der Waals surface area contributed by atoms with Crippen LogP contribution in [0, 0.1) is 5.92 Å². The Morgan fingerprint density at radius 1 is 1.23 bits per heavy atom. The smallest absolute Gasteiger partial charge is 0.326 e. The van der Waals surface area contributed by atoms with E-state index in [0.29, 0.717) is 17.9 Å². The number of carbonyl (C=O) groups is 2. The van der Waals surface area contributed by atoms with E-state index < -0.39 is 24.0 Å². The van der Waals surface area contributed by atoms with Crippen molar-refractivity contribution in [2.24, 2.45) is 5.92 Å². The van der Waals surface area contributed by atoms with Crippen LogP contribution in [-0.2, 0) is 9.59 Å². The lowest BCUT2D eigenvalue weighted by molar-refractivity contribution is -0.143. The summed E-state index contributed by atoms with van der Waals surface area (Å²) in [5.41, 5.74) is 0. The highest BCUT2D eigenvalue weighted by atomic mass is 16.5. The second-order valence-electron chi connectivity index (χ2n) is 5.47. The van der Waals surface area contributed by atoms with E-state index in [2.05, 4.69) is 5.32 Å². The first-order valence-corrected chi connectivity index (χ1v) is 7.17. The van der Waals surface area contributed by atoms with Crippen LogP contribution >= 0.6 is 0 Å². The minimum absolute atomic E-state index is 0.163. The Balaban J connectivity index is 2.65. The van der Waals surface area contributed by atoms with E-state index in [9.17, 15) is 9.59 Å². The second-order valence-corrected chi connectivity index (χ2v) is 5.47. The normalized spacial score (nSPS) is 13.3. The topological polar surface area (TPSA) is 84.9 Å². The Labute approximate surface area is 130 Å². The number of benzene rings is 1. The number of aliphatic carboxylic acids is 1. The van der Waals surface area contributed by atoms with E-state index in [1.54, 1.807) is 38.3 Å². The standard InChI is InChI=1S/C16H23NO5/c1-10(2)8-14(16(19)20)17-15(18)11(3)22-13-7-5-6-12(9-13)21-4/h5-7,9-11,14H,8H2,1-4H3,(H,17,18)(H,19,20). The number of carboxylic acid groups (broad SMARTS) is 1. The van der Waals surface area contributed by atoms with Crippen LogP contribution in [0.3, 0.4) is 0 Å². The van der Waals surface area contributed by atoms with E-state index >= 15 is 0 Å². The predicted octanol–water partition coefficient (Wildman–Crippen LogP) is 2.08. The lowest BCUT2D eigenvalue weighted by atomic mass is 10.0. The van der Waals surface area contributed by atoms with Gasteiger partial charge in [-0.1, -0.05) is 19.9 Å². The average molecular weight is 309 g/mol. The summed E-state index contributed by atoms with van der Waals surface area (Å²) in [4.78, 5) is 23.2. The molecule has 2 atom stereocenters. The third-order valence-electron chi connectivity index (χ3n) is 3.04. The fraction of sp³-hybridized carbons (Fsp3) is 0.500. The van der Waals surface area contributed by atoms with Gasteiger partial charge in [0.25, 0.3) is 5.91 Å². The molecule has 0 aliphatic carbocycles. The third-order valence-corrected chi connectivity index (χ3v) is 3.04. The third kappa shape index (κ3) is 5.63. The van der Waals surface area contributed by atoms with Crippen LogP contribution in [0.1, 0.15) is 27.2 Å². The van der Waals surface area contributed by atoms with Crippen molar-refractivity contribution in [2.75, 3.05) is 7.11 Å². The van der Waals surface area contributed by atoms with Gasteiger partial charge in [0.1, 0.15) is 17.5 Å². The fourth-order valence-corrected chi connectivity index (χ4v) is 1.91. The molecule has 0 aliphatic rings. The van der Waals surface area contributed by atoms with Crippen LogP contribution in [0.25, 0.3) is 0 Å². The van der Waals surface area contributed by atoms with E-state index in [4.69, 9.17) is 14.6 Å². The fourth-order valence-electron chi connectivity index (χ4n) is 1.91. The molecule has 0 heterocycles. The van der Waals surface area contributed by atoms with Gasteiger partial charge in [-0.2, -0.15) is 0 Å². The largest absolute Gasteiger partial charge is 0.497 e. The van der Waals surface area contributed by atoms with Crippen LogP contribution in [0.4, 0.5) is 0 Å². The molecule has 0 radical (unpaired) electrons. The maximum Gasteiger partial charge on any atom is 0.326 e. The van der Waals surface area contributed by atoms with Crippen LogP contribution < -0.4 is 14.8 Å². The first-order valence-electron chi connectivity index (χ1n) is 7.17. The Hall–Kier alpha value is -2.24. The monoisotopic (exact) mass is 309 g/mol. The molecule has 0 saturated carbocycles. The summed E-state index contributed by atoms with van der Waals surface area (Å²) < 4.78 is 10.6. The molecule has 6 nitrogen and oxygen atoms in total. The van der Waals surface area contributed by atoms with Crippen LogP contribution in [-0.4, -0.2) is 36.2 Å². The van der Waals surface area contributed by atoms with Gasteiger partial charge in [0.05, 0.1) is 7.11 Å². The summed E-state index contributed by atoms with van der Waals surface area (Å²) in [6, 6.07) is 5.96. The molecule has 1 aromatic rings. The number of carbonyl (C=O) groups excluding carboxylic acids is 1. The quantitative estimate of drug-likeness (QED) is 0.768. The highest BCUT2D eigenvalue weighted by Gasteiger charge is 2.24. The first kappa shape index (κ1) is 17.8. The summed E-state index contributed by atoms with van der Waals surface area (Å²) in [7, 11) is 1.54. The van der Waals surface area contributed by atoms with Crippen molar-refractivity contribution >= 4 is 11.9 Å². The van der Waals surface area contributed by atoms with Crippen LogP contribution in [0.15, 0.2) is 24.3 Å². The number of rotatable bonds is 8.